The number of carboxylic acid groups (broad SMARTS) is 1. The SMILES string of the molecule is CC#Cc1cc(C(=O)O)cc2c1nc(CN1CCN(c3cccc4c3OC(C)(c3ccc(Cl)cn3)O4)CC1)n2C[C@@H]1CCO1. The maximum Gasteiger partial charge on any atom is 0.335 e. The molecule has 0 radical (unpaired) electrons. The van der Waals surface area contributed by atoms with Gasteiger partial charge >= 0.3 is 5.97 Å². The van der Waals surface area contributed by atoms with Gasteiger partial charge in [0.25, 0.3) is 5.79 Å². The Bertz CT molecular complexity index is 1800. The van der Waals surface area contributed by atoms with Crippen LogP contribution >= 0.6 is 11.6 Å². The summed E-state index contributed by atoms with van der Waals surface area (Å²) in [6, 6.07) is 12.9. The summed E-state index contributed by atoms with van der Waals surface area (Å²) in [5, 5.41) is 10.3. The number of ether oxygens (including phenoxy) is 3. The summed E-state index contributed by atoms with van der Waals surface area (Å²) in [7, 11) is 0. The zero-order chi connectivity index (χ0) is 30.4. The molecule has 226 valence electrons. The molecule has 2 fully saturated rings. The van der Waals surface area contributed by atoms with Gasteiger partial charge in [0.1, 0.15) is 17.0 Å². The Kier molecular flexibility index (Phi) is 7.33. The Balaban J connectivity index is 1.11. The average Bonchev–Trinajstić information content (AvgIpc) is 3.53. The molecule has 0 saturated carbocycles. The third kappa shape index (κ3) is 5.21. The van der Waals surface area contributed by atoms with Crippen LogP contribution in [0, 0.1) is 11.8 Å². The minimum absolute atomic E-state index is 0.0911. The molecule has 2 aromatic heterocycles. The van der Waals surface area contributed by atoms with E-state index in [1.807, 2.05) is 25.1 Å². The number of imidazole rings is 1. The monoisotopic (exact) mass is 613 g/mol. The van der Waals surface area contributed by atoms with Gasteiger partial charge in [-0.3, -0.25) is 9.88 Å². The fourth-order valence-electron chi connectivity index (χ4n) is 6.04. The van der Waals surface area contributed by atoms with Gasteiger partial charge in [0.15, 0.2) is 11.5 Å². The lowest BCUT2D eigenvalue weighted by Crippen LogP contribution is -2.46. The zero-order valence-electron chi connectivity index (χ0n) is 24.5. The van der Waals surface area contributed by atoms with E-state index in [1.165, 1.54) is 0 Å². The van der Waals surface area contributed by atoms with Crippen molar-refractivity contribution in [1.29, 1.82) is 0 Å². The van der Waals surface area contributed by atoms with Crippen molar-refractivity contribution in [3.05, 3.63) is 76.3 Å². The highest BCUT2D eigenvalue weighted by Gasteiger charge is 2.42. The van der Waals surface area contributed by atoms with E-state index >= 15 is 0 Å². The summed E-state index contributed by atoms with van der Waals surface area (Å²) in [4.78, 5) is 26.1. The van der Waals surface area contributed by atoms with E-state index in [0.717, 1.165) is 61.8 Å². The van der Waals surface area contributed by atoms with Gasteiger partial charge in [-0.05, 0) is 49.7 Å². The molecule has 2 atom stereocenters. The summed E-state index contributed by atoms with van der Waals surface area (Å²) in [6.07, 6.45) is 2.65. The first-order valence-corrected chi connectivity index (χ1v) is 15.1. The molecule has 5 heterocycles. The lowest BCUT2D eigenvalue weighted by molar-refractivity contribution is -0.0716. The quantitative estimate of drug-likeness (QED) is 0.291. The largest absolute Gasteiger partial charge is 0.478 e. The fourth-order valence-corrected chi connectivity index (χ4v) is 6.15. The topological polar surface area (TPSA) is 102 Å². The Morgan fingerprint density at radius 2 is 1.98 bits per heavy atom. The van der Waals surface area contributed by atoms with Gasteiger partial charge in [0, 0.05) is 45.9 Å². The van der Waals surface area contributed by atoms with Gasteiger partial charge in [0.2, 0.25) is 0 Å². The first-order valence-electron chi connectivity index (χ1n) is 14.7. The molecular weight excluding hydrogens is 582 g/mol. The number of pyridine rings is 1. The van der Waals surface area contributed by atoms with Crippen LogP contribution in [0.25, 0.3) is 11.0 Å². The summed E-state index contributed by atoms with van der Waals surface area (Å²) in [5.74, 6) is 6.22. The zero-order valence-corrected chi connectivity index (χ0v) is 25.3. The summed E-state index contributed by atoms with van der Waals surface area (Å²) < 4.78 is 20.6. The van der Waals surface area contributed by atoms with Gasteiger partial charge in [-0.2, -0.15) is 0 Å². The molecule has 2 aromatic carbocycles. The highest BCUT2D eigenvalue weighted by atomic mass is 35.5. The average molecular weight is 614 g/mol. The third-order valence-corrected chi connectivity index (χ3v) is 8.67. The first-order chi connectivity index (χ1) is 21.3. The Morgan fingerprint density at radius 1 is 1.16 bits per heavy atom. The number of benzene rings is 2. The summed E-state index contributed by atoms with van der Waals surface area (Å²) >= 11 is 6.05. The number of nitrogens with zero attached hydrogens (tertiary/aromatic N) is 5. The van der Waals surface area contributed by atoms with Crippen LogP contribution in [0.1, 0.15) is 47.7 Å². The molecule has 4 aromatic rings. The number of hydrogen-bond donors (Lipinski definition) is 1. The minimum Gasteiger partial charge on any atom is -0.478 e. The van der Waals surface area contributed by atoms with E-state index in [4.69, 9.17) is 30.8 Å². The van der Waals surface area contributed by atoms with Crippen molar-refractivity contribution in [3.63, 3.8) is 0 Å². The van der Waals surface area contributed by atoms with Crippen LogP contribution in [0.4, 0.5) is 5.69 Å². The van der Waals surface area contributed by atoms with E-state index in [2.05, 4.69) is 37.3 Å². The Labute approximate surface area is 260 Å². The molecule has 1 unspecified atom stereocenters. The number of aromatic carboxylic acids is 1. The van der Waals surface area contributed by atoms with Crippen LogP contribution in [0.2, 0.25) is 5.02 Å². The van der Waals surface area contributed by atoms with Crippen molar-refractivity contribution in [1.82, 2.24) is 19.4 Å². The first kappa shape index (κ1) is 28.5. The van der Waals surface area contributed by atoms with Gasteiger partial charge in [-0.15, -0.1) is 5.92 Å². The van der Waals surface area contributed by atoms with Crippen molar-refractivity contribution in [2.45, 2.75) is 45.2 Å². The van der Waals surface area contributed by atoms with Crippen molar-refractivity contribution in [2.75, 3.05) is 37.7 Å². The fraction of sp³-hybridized carbons (Fsp3) is 0.364. The molecule has 44 heavy (non-hydrogen) atoms. The van der Waals surface area contributed by atoms with Crippen LogP contribution in [-0.4, -0.2) is 69.4 Å². The maximum absolute atomic E-state index is 11.9. The van der Waals surface area contributed by atoms with Crippen LogP contribution in [0.15, 0.2) is 48.7 Å². The van der Waals surface area contributed by atoms with Crippen LogP contribution in [0.3, 0.4) is 0 Å². The molecule has 0 spiro atoms. The van der Waals surface area contributed by atoms with Crippen molar-refractivity contribution in [3.8, 4) is 23.3 Å². The number of carbonyl (C=O) groups is 1. The lowest BCUT2D eigenvalue weighted by atomic mass is 10.1. The number of hydrogen-bond acceptors (Lipinski definition) is 8. The molecule has 11 heteroatoms. The predicted molar refractivity (Wildman–Crippen MR) is 165 cm³/mol. The number of rotatable bonds is 7. The highest BCUT2D eigenvalue weighted by Crippen LogP contribution is 2.49. The lowest BCUT2D eigenvalue weighted by Gasteiger charge is -2.36. The van der Waals surface area contributed by atoms with E-state index < -0.39 is 11.8 Å². The van der Waals surface area contributed by atoms with Crippen molar-refractivity contribution >= 4 is 34.3 Å². The smallest absolute Gasteiger partial charge is 0.335 e. The maximum atomic E-state index is 11.9. The molecule has 0 aliphatic carbocycles. The second-order valence-corrected chi connectivity index (χ2v) is 11.8. The second kappa shape index (κ2) is 11.3. The summed E-state index contributed by atoms with van der Waals surface area (Å²) in [6.45, 7) is 8.81. The molecule has 0 bridgehead atoms. The molecule has 3 aliphatic rings. The molecule has 3 aliphatic heterocycles. The van der Waals surface area contributed by atoms with E-state index in [9.17, 15) is 9.90 Å². The molecule has 7 rings (SSSR count). The van der Waals surface area contributed by atoms with Crippen molar-refractivity contribution in [2.24, 2.45) is 0 Å². The van der Waals surface area contributed by atoms with Crippen LogP contribution in [-0.2, 0) is 23.6 Å². The highest BCUT2D eigenvalue weighted by molar-refractivity contribution is 6.30. The number of carboxylic acids is 1. The molecular formula is C33H32ClN5O5. The number of halogens is 1. The van der Waals surface area contributed by atoms with E-state index in [1.54, 1.807) is 31.3 Å². The molecule has 1 N–H and O–H groups in total. The standard InChI is InChI=1S/C33H32ClN5O5/c1-3-5-21-16-22(32(40)41)17-26-30(21)36-29(39(26)19-24-10-15-42-24)20-37-11-13-38(14-12-37)25-6-4-7-27-31(25)44-33(2,43-27)28-9-8-23(34)18-35-28/h4,6-9,16-18,24H,10-15,19-20H2,1-2H3,(H,40,41)/t24-,33?/m0/s1. The Morgan fingerprint density at radius 3 is 2.66 bits per heavy atom. The van der Waals surface area contributed by atoms with Gasteiger partial charge in [-0.1, -0.05) is 23.6 Å². The molecule has 2 saturated heterocycles. The molecule has 10 nitrogen and oxygen atoms in total. The number of piperazine rings is 1. The third-order valence-electron chi connectivity index (χ3n) is 8.45. The van der Waals surface area contributed by atoms with Crippen LogP contribution in [0.5, 0.6) is 11.5 Å². The van der Waals surface area contributed by atoms with Gasteiger partial charge in [0.05, 0.1) is 46.5 Å². The number of aromatic nitrogens is 3. The van der Waals surface area contributed by atoms with Gasteiger partial charge in [-0.25, -0.2) is 9.78 Å². The van der Waals surface area contributed by atoms with E-state index in [-0.39, 0.29) is 11.7 Å². The summed E-state index contributed by atoms with van der Waals surface area (Å²) in [5.41, 5.74) is 3.97. The number of para-hydroxylation sites is 1. The predicted octanol–water partition coefficient (Wildman–Crippen LogP) is 4.91. The molecule has 0 amide bonds. The van der Waals surface area contributed by atoms with Gasteiger partial charge < -0.3 is 28.8 Å². The van der Waals surface area contributed by atoms with Crippen LogP contribution < -0.4 is 14.4 Å². The second-order valence-electron chi connectivity index (χ2n) is 11.4. The normalized spacial score (nSPS) is 21.2. The minimum atomic E-state index is -1.05. The van der Waals surface area contributed by atoms with Crippen molar-refractivity contribution < 1.29 is 24.1 Å². The Hall–Kier alpha value is -4.30. The number of fused-ring (bicyclic) bond motifs is 2. The number of anilines is 1. The van der Waals surface area contributed by atoms with E-state index in [0.29, 0.717) is 40.9 Å².